The first-order valence-electron chi connectivity index (χ1n) is 8.60. The smallest absolute Gasteiger partial charge is 0.417 e. The molecule has 0 N–H and O–H groups in total. The predicted molar refractivity (Wildman–Crippen MR) is 104 cm³/mol. The maximum absolute atomic E-state index is 13.3. The summed E-state index contributed by atoms with van der Waals surface area (Å²) in [6.45, 7) is 4.96. The summed E-state index contributed by atoms with van der Waals surface area (Å²) in [6.07, 6.45) is -0.939. The average Bonchev–Trinajstić information content (AvgIpc) is 2.64. The molecular formula is C20H20ClNO5S. The summed E-state index contributed by atoms with van der Waals surface area (Å²) in [5, 5.41) is 0. The van der Waals surface area contributed by atoms with Crippen molar-refractivity contribution in [2.45, 2.75) is 41.5 Å². The molecule has 28 heavy (non-hydrogen) atoms. The Morgan fingerprint density at radius 2 is 1.54 bits per heavy atom. The molecule has 0 saturated carbocycles. The Balaban J connectivity index is 2.11. The normalized spacial score (nSPS) is 22.5. The van der Waals surface area contributed by atoms with E-state index in [1.165, 1.54) is 12.1 Å². The fourth-order valence-electron chi connectivity index (χ4n) is 3.03. The second-order valence-electron chi connectivity index (χ2n) is 7.43. The van der Waals surface area contributed by atoms with Crippen LogP contribution in [-0.2, 0) is 19.4 Å². The molecule has 8 heteroatoms. The Kier molecular flexibility index (Phi) is 5.02. The molecule has 148 valence electrons. The summed E-state index contributed by atoms with van der Waals surface area (Å²) in [5.74, 6) is -1.03. The number of carbonyl (C=O) groups excluding carboxylic acids is 2. The molecule has 0 bridgehead atoms. The van der Waals surface area contributed by atoms with E-state index in [1.54, 1.807) is 69.3 Å². The molecule has 0 unspecified atom stereocenters. The van der Waals surface area contributed by atoms with Gasteiger partial charge in [-0.05, 0) is 38.5 Å². The van der Waals surface area contributed by atoms with E-state index >= 15 is 0 Å². The van der Waals surface area contributed by atoms with Gasteiger partial charge in [-0.2, -0.15) is 0 Å². The van der Waals surface area contributed by atoms with Gasteiger partial charge in [0.2, 0.25) is 9.84 Å². The fourth-order valence-corrected chi connectivity index (χ4v) is 5.33. The third-order valence-electron chi connectivity index (χ3n) is 4.27. The fraction of sp³-hybridized carbons (Fsp3) is 0.300. The van der Waals surface area contributed by atoms with Gasteiger partial charge in [0.05, 0.1) is 4.90 Å². The van der Waals surface area contributed by atoms with Crippen LogP contribution in [0.1, 0.15) is 32.4 Å². The van der Waals surface area contributed by atoms with Crippen LogP contribution in [-0.4, -0.2) is 35.1 Å². The molecule has 2 aromatic carbocycles. The summed E-state index contributed by atoms with van der Waals surface area (Å²) in [7, 11) is -4.29. The maximum Gasteiger partial charge on any atom is 0.417 e. The first kappa shape index (κ1) is 20.4. The molecule has 0 spiro atoms. The van der Waals surface area contributed by atoms with Crippen molar-refractivity contribution >= 4 is 33.4 Å². The minimum atomic E-state index is -4.29. The number of sulfone groups is 1. The van der Waals surface area contributed by atoms with Gasteiger partial charge in [0.25, 0.3) is 10.1 Å². The van der Waals surface area contributed by atoms with Crippen LogP contribution in [0.5, 0.6) is 0 Å². The number of imide groups is 1. The molecular weight excluding hydrogens is 402 g/mol. The molecule has 1 aliphatic heterocycles. The van der Waals surface area contributed by atoms with E-state index in [0.29, 0.717) is 5.56 Å². The second-order valence-corrected chi connectivity index (χ2v) is 10.4. The molecule has 2 amide bonds. The van der Waals surface area contributed by atoms with E-state index < -0.39 is 37.7 Å². The average molecular weight is 422 g/mol. The van der Waals surface area contributed by atoms with Crippen molar-refractivity contribution in [1.82, 2.24) is 4.90 Å². The van der Waals surface area contributed by atoms with E-state index in [0.717, 1.165) is 4.90 Å². The van der Waals surface area contributed by atoms with Gasteiger partial charge < -0.3 is 4.74 Å². The first-order valence-corrected chi connectivity index (χ1v) is 10.5. The molecule has 0 aliphatic carbocycles. The molecule has 6 nitrogen and oxygen atoms in total. The highest BCUT2D eigenvalue weighted by Crippen LogP contribution is 2.53. The monoisotopic (exact) mass is 421 g/mol. The van der Waals surface area contributed by atoms with Gasteiger partial charge in [-0.25, -0.2) is 18.1 Å². The zero-order valence-corrected chi connectivity index (χ0v) is 17.2. The Bertz CT molecular complexity index is 1000. The highest BCUT2D eigenvalue weighted by Gasteiger charge is 2.71. The summed E-state index contributed by atoms with van der Waals surface area (Å²) >= 11 is 6.51. The van der Waals surface area contributed by atoms with E-state index in [2.05, 4.69) is 0 Å². The van der Waals surface area contributed by atoms with Gasteiger partial charge in [0, 0.05) is 0 Å². The zero-order chi connectivity index (χ0) is 20.7. The number of alkyl halides is 1. The van der Waals surface area contributed by atoms with Crippen molar-refractivity contribution in [1.29, 1.82) is 0 Å². The highest BCUT2D eigenvalue weighted by atomic mass is 35.5. The minimum absolute atomic E-state index is 0.0943. The standard InChI is InChI=1S/C20H20ClNO5S/c1-19(2,3)27-18(24)22-16(14-10-6-4-7-11-14)20(21,17(22)23)28(25,26)15-12-8-5-9-13-15/h4-13,16H,1-3H3/t16-,20+/m0/s1. The van der Waals surface area contributed by atoms with E-state index in [9.17, 15) is 18.0 Å². The quantitative estimate of drug-likeness (QED) is 0.554. The van der Waals surface area contributed by atoms with Gasteiger partial charge in [0.1, 0.15) is 11.6 Å². The highest BCUT2D eigenvalue weighted by molar-refractivity contribution is 7.95. The Morgan fingerprint density at radius 1 is 1.04 bits per heavy atom. The second kappa shape index (κ2) is 6.90. The Labute approximate surface area is 169 Å². The number of hydrogen-bond donors (Lipinski definition) is 0. The largest absolute Gasteiger partial charge is 0.443 e. The van der Waals surface area contributed by atoms with Crippen molar-refractivity contribution < 1.29 is 22.7 Å². The van der Waals surface area contributed by atoms with Crippen LogP contribution in [0.25, 0.3) is 0 Å². The van der Waals surface area contributed by atoms with Gasteiger partial charge in [-0.15, -0.1) is 0 Å². The molecule has 3 rings (SSSR count). The zero-order valence-electron chi connectivity index (χ0n) is 15.6. The topological polar surface area (TPSA) is 80.8 Å². The van der Waals surface area contributed by atoms with Crippen molar-refractivity contribution in [2.24, 2.45) is 0 Å². The first-order chi connectivity index (χ1) is 13.0. The summed E-state index contributed by atoms with van der Waals surface area (Å²) in [4.78, 5) is 26.2. The number of carbonyl (C=O) groups is 2. The number of ether oxygens (including phenoxy) is 1. The van der Waals surface area contributed by atoms with Crippen LogP contribution in [0.3, 0.4) is 0 Å². The van der Waals surface area contributed by atoms with Gasteiger partial charge in [-0.1, -0.05) is 60.1 Å². The van der Waals surface area contributed by atoms with Crippen LogP contribution < -0.4 is 0 Å². The van der Waals surface area contributed by atoms with Crippen molar-refractivity contribution in [3.05, 3.63) is 66.2 Å². The molecule has 0 aromatic heterocycles. The van der Waals surface area contributed by atoms with Gasteiger partial charge >= 0.3 is 6.09 Å². The van der Waals surface area contributed by atoms with Gasteiger partial charge in [0.15, 0.2) is 0 Å². The number of halogens is 1. The minimum Gasteiger partial charge on any atom is -0.443 e. The molecule has 0 radical (unpaired) electrons. The lowest BCUT2D eigenvalue weighted by Crippen LogP contribution is -2.70. The van der Waals surface area contributed by atoms with Crippen LogP contribution in [0.15, 0.2) is 65.6 Å². The SMILES string of the molecule is CC(C)(C)OC(=O)N1C(=O)[C@](Cl)(S(=O)(=O)c2ccccc2)[C@@H]1c1ccccc1. The summed E-state index contributed by atoms with van der Waals surface area (Å²) in [5.41, 5.74) is -0.441. The Morgan fingerprint density at radius 3 is 2.04 bits per heavy atom. The van der Waals surface area contributed by atoms with E-state index in [1.807, 2.05) is 0 Å². The Hall–Kier alpha value is -2.38. The molecule has 1 heterocycles. The third kappa shape index (κ3) is 3.18. The van der Waals surface area contributed by atoms with Crippen LogP contribution in [0.2, 0.25) is 0 Å². The summed E-state index contributed by atoms with van der Waals surface area (Å²) in [6, 6.07) is 14.6. The molecule has 1 fully saturated rings. The van der Waals surface area contributed by atoms with Gasteiger partial charge in [-0.3, -0.25) is 4.79 Å². The third-order valence-corrected chi connectivity index (χ3v) is 7.32. The van der Waals surface area contributed by atoms with E-state index in [-0.39, 0.29) is 4.90 Å². The molecule has 2 aromatic rings. The van der Waals surface area contributed by atoms with E-state index in [4.69, 9.17) is 16.3 Å². The molecule has 1 aliphatic rings. The number of benzene rings is 2. The predicted octanol–water partition coefficient (Wildman–Crippen LogP) is 3.91. The molecule has 2 atom stereocenters. The van der Waals surface area contributed by atoms with Crippen molar-refractivity contribution in [3.63, 3.8) is 0 Å². The van der Waals surface area contributed by atoms with Crippen LogP contribution in [0.4, 0.5) is 4.79 Å². The number of hydrogen-bond acceptors (Lipinski definition) is 5. The lowest BCUT2D eigenvalue weighted by molar-refractivity contribution is -0.146. The maximum atomic E-state index is 13.3. The lowest BCUT2D eigenvalue weighted by atomic mass is 9.93. The number of rotatable bonds is 3. The molecule has 1 saturated heterocycles. The number of likely N-dealkylation sites (tertiary alicyclic amines) is 1. The van der Waals surface area contributed by atoms with Crippen LogP contribution in [0, 0.1) is 0 Å². The van der Waals surface area contributed by atoms with Crippen molar-refractivity contribution in [2.75, 3.05) is 0 Å². The number of amides is 2. The number of β-lactam (4-membered cyclic amide) rings is 1. The van der Waals surface area contributed by atoms with Crippen LogP contribution >= 0.6 is 11.6 Å². The van der Waals surface area contributed by atoms with Crippen molar-refractivity contribution in [3.8, 4) is 0 Å². The number of nitrogens with zero attached hydrogens (tertiary/aromatic N) is 1. The summed E-state index contributed by atoms with van der Waals surface area (Å²) < 4.78 is 29.5. The lowest BCUT2D eigenvalue weighted by Gasteiger charge is -2.50.